The molecule has 4 rings (SSSR count). The lowest BCUT2D eigenvalue weighted by Gasteiger charge is -2.22. The SMILES string of the molecule is O=C(NC1CCCCC1)c1cnn2ccc(NS(=O)(=O)c3c(Cl)cccc3Cl)nc12. The second-order valence-corrected chi connectivity index (χ2v) is 9.54. The van der Waals surface area contributed by atoms with Crippen molar-refractivity contribution >= 4 is 50.6 Å². The summed E-state index contributed by atoms with van der Waals surface area (Å²) in [6, 6.07) is 5.99. The molecule has 1 fully saturated rings. The van der Waals surface area contributed by atoms with Crippen LogP contribution >= 0.6 is 23.2 Å². The van der Waals surface area contributed by atoms with Gasteiger partial charge in [-0.1, -0.05) is 48.5 Å². The highest BCUT2D eigenvalue weighted by Crippen LogP contribution is 2.30. The molecule has 0 radical (unpaired) electrons. The number of carbonyl (C=O) groups excluding carboxylic acids is 1. The monoisotopic (exact) mass is 467 g/mol. The van der Waals surface area contributed by atoms with Crippen molar-refractivity contribution in [3.05, 3.63) is 52.3 Å². The van der Waals surface area contributed by atoms with Crippen LogP contribution < -0.4 is 10.0 Å². The van der Waals surface area contributed by atoms with Crippen LogP contribution in [0.3, 0.4) is 0 Å². The Morgan fingerprint density at radius 3 is 2.50 bits per heavy atom. The predicted molar refractivity (Wildman–Crippen MR) is 115 cm³/mol. The number of fused-ring (bicyclic) bond motifs is 1. The van der Waals surface area contributed by atoms with Gasteiger partial charge in [0.05, 0.1) is 16.2 Å². The summed E-state index contributed by atoms with van der Waals surface area (Å²) in [6.45, 7) is 0. The Morgan fingerprint density at radius 1 is 1.10 bits per heavy atom. The van der Waals surface area contributed by atoms with E-state index >= 15 is 0 Å². The average molecular weight is 468 g/mol. The summed E-state index contributed by atoms with van der Waals surface area (Å²) in [5, 5.41) is 7.13. The maximum absolute atomic E-state index is 12.8. The number of amides is 1. The minimum Gasteiger partial charge on any atom is -0.349 e. The van der Waals surface area contributed by atoms with Gasteiger partial charge >= 0.3 is 0 Å². The van der Waals surface area contributed by atoms with Crippen LogP contribution in [-0.2, 0) is 10.0 Å². The lowest BCUT2D eigenvalue weighted by atomic mass is 9.95. The maximum Gasteiger partial charge on any atom is 0.266 e. The number of nitrogens with zero attached hydrogens (tertiary/aromatic N) is 3. The molecule has 1 saturated carbocycles. The molecule has 1 aromatic carbocycles. The lowest BCUT2D eigenvalue weighted by molar-refractivity contribution is 0.0929. The van der Waals surface area contributed by atoms with Crippen molar-refractivity contribution < 1.29 is 13.2 Å². The summed E-state index contributed by atoms with van der Waals surface area (Å²) < 4.78 is 29.3. The molecular formula is C19H19Cl2N5O3S. The van der Waals surface area contributed by atoms with Crippen LogP contribution in [0.15, 0.2) is 41.6 Å². The van der Waals surface area contributed by atoms with Crippen LogP contribution in [0.2, 0.25) is 10.0 Å². The molecule has 30 heavy (non-hydrogen) atoms. The first-order valence-corrected chi connectivity index (χ1v) is 11.7. The topological polar surface area (TPSA) is 105 Å². The Kier molecular flexibility index (Phi) is 5.86. The van der Waals surface area contributed by atoms with Crippen LogP contribution in [0.1, 0.15) is 42.5 Å². The van der Waals surface area contributed by atoms with E-state index in [1.807, 2.05) is 0 Å². The molecule has 0 bridgehead atoms. The van der Waals surface area contributed by atoms with Crippen LogP contribution in [-0.4, -0.2) is 35.0 Å². The van der Waals surface area contributed by atoms with Crippen LogP contribution in [0.5, 0.6) is 0 Å². The summed E-state index contributed by atoms with van der Waals surface area (Å²) >= 11 is 12.1. The van der Waals surface area contributed by atoms with Crippen molar-refractivity contribution in [3.63, 3.8) is 0 Å². The van der Waals surface area contributed by atoms with E-state index in [2.05, 4.69) is 20.1 Å². The molecular weight excluding hydrogens is 449 g/mol. The standard InChI is InChI=1S/C19H19Cl2N5O3S/c20-14-7-4-8-15(21)17(14)30(28,29)25-16-9-10-26-18(24-16)13(11-22-26)19(27)23-12-5-2-1-3-6-12/h4,7-12H,1-3,5-6H2,(H,23,27)(H,24,25). The lowest BCUT2D eigenvalue weighted by Crippen LogP contribution is -2.36. The number of hydrogen-bond donors (Lipinski definition) is 2. The van der Waals surface area contributed by atoms with E-state index in [0.29, 0.717) is 0 Å². The first-order valence-electron chi connectivity index (χ1n) is 9.47. The number of carbonyl (C=O) groups is 1. The molecule has 1 aliphatic rings. The Morgan fingerprint density at radius 2 is 1.80 bits per heavy atom. The molecule has 2 aromatic heterocycles. The predicted octanol–water partition coefficient (Wildman–Crippen LogP) is 3.90. The van der Waals surface area contributed by atoms with Crippen molar-refractivity contribution in [2.75, 3.05) is 4.72 Å². The van der Waals surface area contributed by atoms with Crippen molar-refractivity contribution in [1.29, 1.82) is 0 Å². The minimum atomic E-state index is -4.09. The van der Waals surface area contributed by atoms with Gasteiger partial charge in [0.25, 0.3) is 15.9 Å². The number of sulfonamides is 1. The van der Waals surface area contributed by atoms with Gasteiger partial charge in [0.15, 0.2) is 5.65 Å². The molecule has 158 valence electrons. The van der Waals surface area contributed by atoms with Gasteiger partial charge in [-0.05, 0) is 31.0 Å². The molecule has 1 amide bonds. The maximum atomic E-state index is 12.8. The summed E-state index contributed by atoms with van der Waals surface area (Å²) in [5.41, 5.74) is 0.520. The van der Waals surface area contributed by atoms with Gasteiger partial charge in [-0.25, -0.2) is 17.9 Å². The number of nitrogens with one attached hydrogen (secondary N) is 2. The highest BCUT2D eigenvalue weighted by molar-refractivity contribution is 7.93. The van der Waals surface area contributed by atoms with E-state index in [1.54, 1.807) is 6.07 Å². The summed E-state index contributed by atoms with van der Waals surface area (Å²) in [7, 11) is -4.09. The molecule has 0 spiro atoms. The largest absolute Gasteiger partial charge is 0.349 e. The zero-order valence-corrected chi connectivity index (χ0v) is 18.1. The second-order valence-electron chi connectivity index (χ2n) is 7.10. The zero-order chi connectivity index (χ0) is 21.3. The Bertz CT molecular complexity index is 1190. The number of aromatic nitrogens is 3. The number of anilines is 1. The van der Waals surface area contributed by atoms with E-state index < -0.39 is 10.0 Å². The number of halogens is 2. The fourth-order valence-corrected chi connectivity index (χ4v) is 5.67. The van der Waals surface area contributed by atoms with Crippen LogP contribution in [0, 0.1) is 0 Å². The van der Waals surface area contributed by atoms with Gasteiger partial charge in [-0.2, -0.15) is 5.10 Å². The normalized spacial score (nSPS) is 15.3. The summed E-state index contributed by atoms with van der Waals surface area (Å²) in [6.07, 6.45) is 8.20. The molecule has 0 aliphatic heterocycles. The van der Waals surface area contributed by atoms with Crippen molar-refractivity contribution in [2.45, 2.75) is 43.0 Å². The smallest absolute Gasteiger partial charge is 0.266 e. The highest BCUT2D eigenvalue weighted by atomic mass is 35.5. The average Bonchev–Trinajstić information content (AvgIpc) is 3.11. The van der Waals surface area contributed by atoms with E-state index in [0.717, 1.165) is 25.7 Å². The molecule has 2 N–H and O–H groups in total. The van der Waals surface area contributed by atoms with Gasteiger partial charge in [-0.3, -0.25) is 9.52 Å². The number of rotatable bonds is 5. The third kappa shape index (κ3) is 4.23. The highest BCUT2D eigenvalue weighted by Gasteiger charge is 2.24. The molecule has 8 nitrogen and oxygen atoms in total. The van der Waals surface area contributed by atoms with Gasteiger partial charge in [0.2, 0.25) is 0 Å². The Hall–Kier alpha value is -2.36. The number of hydrogen-bond acceptors (Lipinski definition) is 5. The van der Waals surface area contributed by atoms with Crippen LogP contribution in [0.25, 0.3) is 5.65 Å². The Balaban J connectivity index is 1.62. The first kappa shape index (κ1) is 20.9. The van der Waals surface area contributed by atoms with E-state index in [9.17, 15) is 13.2 Å². The third-order valence-corrected chi connectivity index (χ3v) is 7.29. The van der Waals surface area contributed by atoms with Crippen LogP contribution in [0.4, 0.5) is 5.82 Å². The summed E-state index contributed by atoms with van der Waals surface area (Å²) in [5.74, 6) is -0.260. The van der Waals surface area contributed by atoms with E-state index in [-0.39, 0.29) is 43.9 Å². The molecule has 11 heteroatoms. The van der Waals surface area contributed by atoms with Gasteiger partial charge < -0.3 is 5.32 Å². The molecule has 0 atom stereocenters. The molecule has 0 unspecified atom stereocenters. The zero-order valence-electron chi connectivity index (χ0n) is 15.8. The molecule has 1 aliphatic carbocycles. The molecule has 3 aromatic rings. The summed E-state index contributed by atoms with van der Waals surface area (Å²) in [4.78, 5) is 16.8. The third-order valence-electron chi connectivity index (χ3n) is 4.98. The van der Waals surface area contributed by atoms with E-state index in [1.165, 1.54) is 41.5 Å². The quantitative estimate of drug-likeness (QED) is 0.591. The molecule has 2 heterocycles. The fraction of sp³-hybridized carbons (Fsp3) is 0.316. The van der Waals surface area contributed by atoms with Crippen molar-refractivity contribution in [2.24, 2.45) is 0 Å². The second kappa shape index (κ2) is 8.41. The first-order chi connectivity index (χ1) is 14.3. The van der Waals surface area contributed by atoms with Gasteiger partial charge in [-0.15, -0.1) is 0 Å². The molecule has 0 saturated heterocycles. The minimum absolute atomic E-state index is 0.00650. The van der Waals surface area contributed by atoms with Gasteiger partial charge in [0, 0.05) is 12.2 Å². The number of benzene rings is 1. The van der Waals surface area contributed by atoms with E-state index in [4.69, 9.17) is 23.2 Å². The van der Waals surface area contributed by atoms with Crippen molar-refractivity contribution in [3.8, 4) is 0 Å². The fourth-order valence-electron chi connectivity index (χ4n) is 3.52. The Labute approximate surface area is 183 Å². The van der Waals surface area contributed by atoms with Crippen molar-refractivity contribution in [1.82, 2.24) is 19.9 Å². The van der Waals surface area contributed by atoms with Gasteiger partial charge in [0.1, 0.15) is 16.3 Å².